The molecular formula is C102H176O38. The predicted molar refractivity (Wildman–Crippen MR) is 517 cm³/mol. The lowest BCUT2D eigenvalue weighted by Crippen LogP contribution is -2.43. The maximum absolute atomic E-state index is 12.2. The number of hydrogen-bond donors (Lipinski definition) is 13. The lowest BCUT2D eigenvalue weighted by Gasteiger charge is -2.22. The molecule has 0 amide bonds. The number of allylic oxidation sites excluding steroid dienone is 4. The molecule has 140 heavy (non-hydrogen) atoms. The predicted octanol–water partition coefficient (Wildman–Crippen LogP) is 16.5. The molecule has 38 nitrogen and oxygen atoms in total. The number of carboxylic acid groups (broad SMARTS) is 7. The molecule has 812 valence electrons. The van der Waals surface area contributed by atoms with Gasteiger partial charge in [-0.05, 0) is 83.5 Å². The van der Waals surface area contributed by atoms with Crippen LogP contribution < -0.4 is 0 Å². The van der Waals surface area contributed by atoms with Crippen LogP contribution in [0, 0.1) is 0 Å². The summed E-state index contributed by atoms with van der Waals surface area (Å²) in [4.78, 5) is 182. The number of ether oxygens (including phenoxy) is 9. The minimum Gasteiger partial charge on any atom is -0.481 e. The molecule has 0 aliphatic carbocycles. The molecule has 0 saturated heterocycles. The number of aliphatic hydroxyl groups is 6. The fourth-order valence-electron chi connectivity index (χ4n) is 13.6. The van der Waals surface area contributed by atoms with Crippen molar-refractivity contribution < 1.29 is 186 Å². The van der Waals surface area contributed by atoms with Gasteiger partial charge in [0.1, 0.15) is 71.2 Å². The topological polar surface area (TPSA) is 619 Å². The highest BCUT2D eigenvalue weighted by Gasteiger charge is 2.44. The van der Waals surface area contributed by atoms with Crippen LogP contribution in [0.15, 0.2) is 24.3 Å². The largest absolute Gasteiger partial charge is 0.481 e. The Hall–Kier alpha value is -9.24. The second-order valence-corrected chi connectivity index (χ2v) is 35.7. The fourth-order valence-corrected chi connectivity index (χ4v) is 13.6. The van der Waals surface area contributed by atoms with Crippen LogP contribution in [-0.2, 0) is 119 Å². The SMILES string of the molecule is CCCCCCCC(=O)OCC(COC(=O)CC(O)(CC(=O)O)C(=O)O)OC(=O)CCCCCCC.CCCCCCCC/C=C/CCCCCCCC(=O)OCC(O)COC(=O)CC(O)(CC(=O)O)C(=O)O.CCCCCCCC/C=C/CCCCCCCC(=O)OCC(O)COC(=O)CCC(=O)O.CCCCCCCCCCCCCCCC(=O)OCC(O)COC(=O)CC(O)(CC(=O)O)C(=O)O. The van der Waals surface area contributed by atoms with Gasteiger partial charge >= 0.3 is 95.5 Å². The number of carboxylic acids is 7. The Morgan fingerprint density at radius 3 is 0.593 bits per heavy atom. The van der Waals surface area contributed by atoms with E-state index in [9.17, 15) is 107 Å². The van der Waals surface area contributed by atoms with E-state index in [0.717, 1.165) is 141 Å². The zero-order valence-electron chi connectivity index (χ0n) is 84.6. The number of carbonyl (C=O) groups excluding carboxylic acids is 9. The van der Waals surface area contributed by atoms with Crippen LogP contribution in [0.2, 0.25) is 0 Å². The Balaban J connectivity index is -0.000000882. The maximum atomic E-state index is 12.2. The second kappa shape index (κ2) is 93.4. The molecular weight excluding hydrogens is 1830 g/mol. The molecule has 0 fully saturated rings. The van der Waals surface area contributed by atoms with Crippen molar-refractivity contribution in [1.82, 2.24) is 0 Å². The summed E-state index contributed by atoms with van der Waals surface area (Å²) in [5, 5.41) is 120. The Morgan fingerprint density at radius 2 is 0.386 bits per heavy atom. The Morgan fingerprint density at radius 1 is 0.207 bits per heavy atom. The van der Waals surface area contributed by atoms with E-state index in [0.29, 0.717) is 32.1 Å². The van der Waals surface area contributed by atoms with Gasteiger partial charge in [-0.1, -0.05) is 290 Å². The van der Waals surface area contributed by atoms with Crippen LogP contribution in [0.25, 0.3) is 0 Å². The van der Waals surface area contributed by atoms with Crippen molar-refractivity contribution in [3.05, 3.63) is 24.3 Å². The summed E-state index contributed by atoms with van der Waals surface area (Å²) >= 11 is 0. The molecule has 0 spiro atoms. The van der Waals surface area contributed by atoms with Gasteiger partial charge in [0.25, 0.3) is 0 Å². The van der Waals surface area contributed by atoms with Gasteiger partial charge in [-0.25, -0.2) is 14.4 Å². The van der Waals surface area contributed by atoms with Crippen LogP contribution in [0.4, 0.5) is 0 Å². The highest BCUT2D eigenvalue weighted by molar-refractivity contribution is 5.90. The first-order chi connectivity index (χ1) is 66.7. The summed E-state index contributed by atoms with van der Waals surface area (Å²) in [5.41, 5.74) is -8.48. The smallest absolute Gasteiger partial charge is 0.336 e. The monoisotopic (exact) mass is 2010 g/mol. The number of hydrogen-bond acceptors (Lipinski definition) is 31. The van der Waals surface area contributed by atoms with Gasteiger partial charge in [0.05, 0.1) is 51.4 Å². The van der Waals surface area contributed by atoms with Gasteiger partial charge in [0.15, 0.2) is 22.9 Å². The Labute approximate surface area is 828 Å². The molecule has 0 bridgehead atoms. The third-order valence-corrected chi connectivity index (χ3v) is 21.9. The highest BCUT2D eigenvalue weighted by atomic mass is 16.6. The molecule has 0 radical (unpaired) electrons. The Kier molecular flexibility index (Phi) is 91.4. The van der Waals surface area contributed by atoms with E-state index >= 15 is 0 Å². The summed E-state index contributed by atoms with van der Waals surface area (Å²) in [6, 6.07) is 0. The first kappa shape index (κ1) is 137. The third-order valence-electron chi connectivity index (χ3n) is 21.9. The van der Waals surface area contributed by atoms with E-state index in [2.05, 4.69) is 68.4 Å². The fraction of sp³-hybridized carbons (Fsp3) is 0.804. The van der Waals surface area contributed by atoms with Gasteiger partial charge in [-0.3, -0.25) is 62.3 Å². The minimum absolute atomic E-state index is 0.136. The number of aliphatic hydroxyl groups excluding tert-OH is 3. The zero-order valence-corrected chi connectivity index (χ0v) is 84.6. The molecule has 0 aliphatic rings. The van der Waals surface area contributed by atoms with Gasteiger partial charge < -0.3 is 109 Å². The molecule has 13 N–H and O–H groups in total. The summed E-state index contributed by atoms with van der Waals surface area (Å²) in [6.07, 6.45) is 53.2. The molecule has 0 aliphatic heterocycles. The van der Waals surface area contributed by atoms with E-state index in [1.807, 2.05) is 0 Å². The number of rotatable bonds is 91. The molecule has 0 aromatic heterocycles. The zero-order chi connectivity index (χ0) is 106. The minimum atomic E-state index is -2.85. The molecule has 7 unspecified atom stereocenters. The molecule has 0 saturated carbocycles. The standard InChI is InChI=1S/C27H46O10.C25H42O11.C25H44O10.C25H44O7/c1-2-3-4-5-6-7-8-9-10-11-12-13-14-15-16-17-24(31)36-20-22(28)21-37-25(32)19-27(35,26(33)34)18-23(29)30;1-3-5-7-9-11-13-21(28)34-17-19(36-22(29)14-12-10-8-6-4-2)18-35-23(30)16-25(33,24(31)32)15-20(26)27;1-2-3-4-5-6-7-8-9-10-11-12-13-14-15-22(29)34-18-20(26)19-35-23(30)17-25(33,24(31)32)16-21(27)28;1-2-3-4-5-6-7-8-9-10-11-12-13-14-15-16-17-24(29)31-20-22(26)21-32-25(30)19-18-23(27)28/h9-10,22,28,35H,2-8,11-21H2,1H3,(H,29,30)(H,33,34);19,33H,3-18H2,1-2H3,(H,26,27)(H,31,32);20,26,33H,2-19H2,1H3,(H,27,28)(H,31,32);9-10,22,26H,2-8,11-21H2,1H3,(H,27,28)/b10-9+;;;10-9+. The summed E-state index contributed by atoms with van der Waals surface area (Å²) in [7, 11) is 0. The summed E-state index contributed by atoms with van der Waals surface area (Å²) in [6.45, 7) is 7.39. The van der Waals surface area contributed by atoms with Crippen LogP contribution in [0.5, 0.6) is 0 Å². The molecule has 0 heterocycles. The van der Waals surface area contributed by atoms with Gasteiger partial charge in [-0.2, -0.15) is 0 Å². The van der Waals surface area contributed by atoms with E-state index in [-0.39, 0.29) is 64.3 Å². The van der Waals surface area contributed by atoms with E-state index in [4.69, 9.17) is 68.9 Å². The van der Waals surface area contributed by atoms with Crippen molar-refractivity contribution in [3.63, 3.8) is 0 Å². The average molecular weight is 2010 g/mol. The maximum Gasteiger partial charge on any atom is 0.336 e. The van der Waals surface area contributed by atoms with Gasteiger partial charge in [-0.15, -0.1) is 0 Å². The number of esters is 9. The van der Waals surface area contributed by atoms with Gasteiger partial charge in [0.2, 0.25) is 0 Å². The first-order valence-corrected chi connectivity index (χ1v) is 51.2. The van der Waals surface area contributed by atoms with Crippen LogP contribution in [0.3, 0.4) is 0 Å². The van der Waals surface area contributed by atoms with E-state index < -0.39 is 202 Å². The van der Waals surface area contributed by atoms with Crippen LogP contribution in [0.1, 0.15) is 433 Å². The average Bonchev–Trinajstić information content (AvgIpc) is 0.858. The number of carbonyl (C=O) groups is 16. The van der Waals surface area contributed by atoms with Crippen LogP contribution in [-0.4, -0.2) is 256 Å². The van der Waals surface area contributed by atoms with E-state index in [1.54, 1.807) is 0 Å². The van der Waals surface area contributed by atoms with Gasteiger partial charge in [0, 0.05) is 32.1 Å². The van der Waals surface area contributed by atoms with E-state index in [1.165, 1.54) is 148 Å². The molecule has 0 rings (SSSR count). The highest BCUT2D eigenvalue weighted by Crippen LogP contribution is 2.23. The lowest BCUT2D eigenvalue weighted by molar-refractivity contribution is -0.175. The van der Waals surface area contributed by atoms with Crippen molar-refractivity contribution >= 4 is 95.5 Å². The third kappa shape index (κ3) is 92.5. The molecule has 0 aromatic rings. The number of unbranched alkanes of at least 4 members (excludes halogenated alkanes) is 42. The summed E-state index contributed by atoms with van der Waals surface area (Å²) < 4.78 is 44.3. The van der Waals surface area contributed by atoms with Crippen molar-refractivity contribution in [2.45, 2.75) is 474 Å². The summed E-state index contributed by atoms with van der Waals surface area (Å²) in [5.74, 6) is -18.2. The van der Waals surface area contributed by atoms with Crippen molar-refractivity contribution in [2.24, 2.45) is 0 Å². The molecule has 7 atom stereocenters. The van der Waals surface area contributed by atoms with Crippen molar-refractivity contribution in [2.75, 3.05) is 52.9 Å². The van der Waals surface area contributed by atoms with Crippen LogP contribution >= 0.6 is 0 Å². The number of aliphatic carboxylic acids is 7. The normalized spacial score (nSPS) is 13.2. The Bertz CT molecular complexity index is 3380. The lowest BCUT2D eigenvalue weighted by atomic mass is 9.96. The molecule has 38 heteroatoms. The van der Waals surface area contributed by atoms with Crippen molar-refractivity contribution in [1.29, 1.82) is 0 Å². The second-order valence-electron chi connectivity index (χ2n) is 35.7. The van der Waals surface area contributed by atoms with Crippen molar-refractivity contribution in [3.8, 4) is 0 Å². The first-order valence-electron chi connectivity index (χ1n) is 51.2. The molecule has 0 aromatic carbocycles. The quantitative estimate of drug-likeness (QED) is 0.0116.